The Hall–Kier alpha value is -2.72. The van der Waals surface area contributed by atoms with E-state index in [2.05, 4.69) is 30.8 Å². The zero-order chi connectivity index (χ0) is 21.3. The Balaban J connectivity index is 1.46. The smallest absolute Gasteiger partial charge is 0.321 e. The molecule has 0 aromatic carbocycles. The monoisotopic (exact) mass is 429 g/mol. The zero-order valence-corrected chi connectivity index (χ0v) is 17.9. The summed E-state index contributed by atoms with van der Waals surface area (Å²) in [5.74, 6) is 0.413. The summed E-state index contributed by atoms with van der Waals surface area (Å²) in [7, 11) is 0. The van der Waals surface area contributed by atoms with Gasteiger partial charge in [-0.2, -0.15) is 0 Å². The van der Waals surface area contributed by atoms with E-state index in [1.54, 1.807) is 18.5 Å². The van der Waals surface area contributed by atoms with Crippen LogP contribution in [0.2, 0.25) is 0 Å². The molecule has 0 bridgehead atoms. The maximum Gasteiger partial charge on any atom is 0.323 e. The Morgan fingerprint density at radius 3 is 2.73 bits per heavy atom. The van der Waals surface area contributed by atoms with Gasteiger partial charge in [-0.15, -0.1) is 10.2 Å². The van der Waals surface area contributed by atoms with Gasteiger partial charge in [-0.3, -0.25) is 10.3 Å². The van der Waals surface area contributed by atoms with E-state index in [1.807, 2.05) is 26.8 Å². The number of carbonyl (C=O) groups is 1. The van der Waals surface area contributed by atoms with Crippen molar-refractivity contribution in [1.29, 1.82) is 0 Å². The van der Waals surface area contributed by atoms with Gasteiger partial charge in [-0.1, -0.05) is 25.2 Å². The number of hydrogen-bond acceptors (Lipinski definition) is 7. The Labute approximate surface area is 177 Å². The number of piperidine rings is 1. The van der Waals surface area contributed by atoms with Crippen LogP contribution in [0, 0.1) is 6.92 Å². The topological polar surface area (TPSA) is 95.9 Å². The molecule has 4 heterocycles. The van der Waals surface area contributed by atoms with Crippen molar-refractivity contribution in [3.05, 3.63) is 29.5 Å². The second kappa shape index (κ2) is 8.57. The van der Waals surface area contributed by atoms with Crippen molar-refractivity contribution in [2.45, 2.75) is 45.4 Å². The van der Waals surface area contributed by atoms with Crippen LogP contribution >= 0.6 is 11.3 Å². The van der Waals surface area contributed by atoms with E-state index in [0.29, 0.717) is 18.8 Å². The van der Waals surface area contributed by atoms with Crippen molar-refractivity contribution in [3.63, 3.8) is 0 Å². The fourth-order valence-corrected chi connectivity index (χ4v) is 4.18. The molecule has 0 saturated carbocycles. The molecule has 4 rings (SSSR count). The number of likely N-dealkylation sites (tertiary alicyclic amines) is 1. The van der Waals surface area contributed by atoms with Gasteiger partial charge >= 0.3 is 6.03 Å². The molecule has 30 heavy (non-hydrogen) atoms. The summed E-state index contributed by atoms with van der Waals surface area (Å²) in [5.41, 5.74) is 0.719. The SMILES string of the molecule is Cc1nnc(-c2cc3cc(NC(=O)N4CC[C@@H](NC(C)C)[C@H](F)C4)ncc3cn2)s1. The minimum atomic E-state index is -1.10. The highest BCUT2D eigenvalue weighted by molar-refractivity contribution is 7.14. The number of hydrogen-bond donors (Lipinski definition) is 2. The van der Waals surface area contributed by atoms with Crippen LogP contribution in [0.5, 0.6) is 0 Å². The van der Waals surface area contributed by atoms with Crippen LogP contribution in [0.15, 0.2) is 24.5 Å². The number of fused-ring (bicyclic) bond motifs is 1. The van der Waals surface area contributed by atoms with Crippen molar-refractivity contribution in [2.24, 2.45) is 0 Å². The Kier molecular flexibility index (Phi) is 5.87. The maximum absolute atomic E-state index is 14.5. The summed E-state index contributed by atoms with van der Waals surface area (Å²) in [6, 6.07) is 3.32. The zero-order valence-electron chi connectivity index (χ0n) is 17.1. The lowest BCUT2D eigenvalue weighted by molar-refractivity contribution is 0.119. The van der Waals surface area contributed by atoms with Crippen LogP contribution < -0.4 is 10.6 Å². The number of alkyl halides is 1. The number of nitrogens with one attached hydrogen (secondary N) is 2. The van der Waals surface area contributed by atoms with Crippen molar-refractivity contribution in [3.8, 4) is 10.7 Å². The number of rotatable bonds is 4. The van der Waals surface area contributed by atoms with Crippen LogP contribution in [-0.4, -0.2) is 62.4 Å². The molecule has 10 heteroatoms. The first-order valence-corrected chi connectivity index (χ1v) is 10.7. The molecular weight excluding hydrogens is 405 g/mol. The number of aromatic nitrogens is 4. The predicted octanol–water partition coefficient (Wildman–Crippen LogP) is 3.40. The van der Waals surface area contributed by atoms with Gasteiger partial charge in [0.15, 0.2) is 5.01 Å². The summed E-state index contributed by atoms with van der Waals surface area (Å²) in [5, 5.41) is 17.5. The van der Waals surface area contributed by atoms with Gasteiger partial charge in [-0.25, -0.2) is 14.2 Å². The standard InChI is InChI=1S/C20H24FN7OS/c1-11(2)24-16-4-5-28(10-15(16)21)20(29)25-18-7-13-6-17(19-27-26-12(3)30-19)22-8-14(13)9-23-18/h6-9,11,15-16,24H,4-5,10H2,1-3H3,(H,23,25,29)/t15-,16-/m1/s1. The van der Waals surface area contributed by atoms with Gasteiger partial charge in [0.05, 0.1) is 6.54 Å². The number of aryl methyl sites for hydroxylation is 1. The molecule has 0 radical (unpaired) electrons. The lowest BCUT2D eigenvalue weighted by Crippen LogP contribution is -2.54. The fraction of sp³-hybridized carbons (Fsp3) is 0.450. The Morgan fingerprint density at radius 2 is 2.03 bits per heavy atom. The molecule has 158 valence electrons. The molecule has 0 unspecified atom stereocenters. The third-order valence-electron chi connectivity index (χ3n) is 4.96. The van der Waals surface area contributed by atoms with E-state index in [-0.39, 0.29) is 24.7 Å². The summed E-state index contributed by atoms with van der Waals surface area (Å²) in [6.07, 6.45) is 2.86. The number of anilines is 1. The molecule has 3 aromatic heterocycles. The van der Waals surface area contributed by atoms with E-state index in [4.69, 9.17) is 0 Å². The van der Waals surface area contributed by atoms with Crippen molar-refractivity contribution in [2.75, 3.05) is 18.4 Å². The first-order chi connectivity index (χ1) is 14.4. The molecule has 2 atom stereocenters. The van der Waals surface area contributed by atoms with E-state index in [1.165, 1.54) is 16.2 Å². The molecule has 8 nitrogen and oxygen atoms in total. The van der Waals surface area contributed by atoms with Crippen LogP contribution in [-0.2, 0) is 0 Å². The highest BCUT2D eigenvalue weighted by Crippen LogP contribution is 2.25. The van der Waals surface area contributed by atoms with E-state index >= 15 is 0 Å². The highest BCUT2D eigenvalue weighted by Gasteiger charge is 2.31. The fourth-order valence-electron chi connectivity index (χ4n) is 3.52. The maximum atomic E-state index is 14.5. The normalized spacial score (nSPS) is 19.4. The molecule has 0 aliphatic carbocycles. The van der Waals surface area contributed by atoms with Gasteiger partial charge < -0.3 is 10.2 Å². The summed E-state index contributed by atoms with van der Waals surface area (Å²) in [4.78, 5) is 22.8. The number of nitrogens with zero attached hydrogens (tertiary/aromatic N) is 5. The number of pyridine rings is 2. The van der Waals surface area contributed by atoms with Crippen molar-refractivity contribution < 1.29 is 9.18 Å². The number of amides is 2. The Morgan fingerprint density at radius 1 is 1.23 bits per heavy atom. The highest BCUT2D eigenvalue weighted by atomic mass is 32.1. The summed E-state index contributed by atoms with van der Waals surface area (Å²) >= 11 is 1.47. The predicted molar refractivity (Wildman–Crippen MR) is 115 cm³/mol. The molecule has 3 aromatic rings. The van der Waals surface area contributed by atoms with Crippen molar-refractivity contribution in [1.82, 2.24) is 30.4 Å². The van der Waals surface area contributed by atoms with Crippen LogP contribution in [0.1, 0.15) is 25.3 Å². The summed E-state index contributed by atoms with van der Waals surface area (Å²) in [6.45, 7) is 6.43. The van der Waals surface area contributed by atoms with Gasteiger partial charge in [0.1, 0.15) is 22.7 Å². The summed E-state index contributed by atoms with van der Waals surface area (Å²) < 4.78 is 14.5. The third kappa shape index (κ3) is 4.54. The quantitative estimate of drug-likeness (QED) is 0.660. The van der Waals surface area contributed by atoms with E-state index < -0.39 is 6.17 Å². The van der Waals surface area contributed by atoms with Crippen LogP contribution in [0.3, 0.4) is 0 Å². The molecule has 1 aliphatic rings. The molecule has 1 aliphatic heterocycles. The number of carbonyl (C=O) groups excluding carboxylic acids is 1. The molecular formula is C20H24FN7OS. The second-order valence-electron chi connectivity index (χ2n) is 7.72. The first-order valence-electron chi connectivity index (χ1n) is 9.91. The van der Waals surface area contributed by atoms with E-state index in [9.17, 15) is 9.18 Å². The largest absolute Gasteiger partial charge is 0.323 e. The average molecular weight is 430 g/mol. The molecule has 1 saturated heterocycles. The molecule has 0 spiro atoms. The average Bonchev–Trinajstić information content (AvgIpc) is 3.15. The first kappa shape index (κ1) is 20.5. The van der Waals surface area contributed by atoms with Gasteiger partial charge in [0.2, 0.25) is 0 Å². The van der Waals surface area contributed by atoms with Gasteiger partial charge in [-0.05, 0) is 30.9 Å². The van der Waals surface area contributed by atoms with Gasteiger partial charge in [0, 0.05) is 36.4 Å². The minimum absolute atomic E-state index is 0.0638. The van der Waals surface area contributed by atoms with Crippen LogP contribution in [0.25, 0.3) is 21.5 Å². The molecule has 2 N–H and O–H groups in total. The van der Waals surface area contributed by atoms with Gasteiger partial charge in [0.25, 0.3) is 0 Å². The van der Waals surface area contributed by atoms with Crippen molar-refractivity contribution >= 4 is 34.0 Å². The lowest BCUT2D eigenvalue weighted by Gasteiger charge is -2.35. The second-order valence-corrected chi connectivity index (χ2v) is 8.90. The van der Waals surface area contributed by atoms with Crippen LogP contribution in [0.4, 0.5) is 15.0 Å². The minimum Gasteiger partial charge on any atom is -0.321 e. The number of urea groups is 1. The third-order valence-corrected chi connectivity index (χ3v) is 5.82. The molecule has 2 amide bonds. The number of halogens is 1. The van der Waals surface area contributed by atoms with E-state index in [0.717, 1.165) is 26.5 Å². The lowest BCUT2D eigenvalue weighted by atomic mass is 10.0. The Bertz CT molecular complexity index is 1060. The molecule has 1 fully saturated rings.